The highest BCUT2D eigenvalue weighted by Crippen LogP contribution is 2.24. The van der Waals surface area contributed by atoms with Crippen molar-refractivity contribution in [1.29, 1.82) is 0 Å². The molecule has 1 rings (SSSR count). The fourth-order valence-corrected chi connectivity index (χ4v) is 1.81. The van der Waals surface area contributed by atoms with Crippen molar-refractivity contribution in [2.75, 3.05) is 13.7 Å². The van der Waals surface area contributed by atoms with Crippen LogP contribution >= 0.6 is 0 Å². The van der Waals surface area contributed by atoms with Crippen LogP contribution in [0.5, 0.6) is 5.75 Å². The van der Waals surface area contributed by atoms with Gasteiger partial charge in [0, 0.05) is 6.42 Å². The molecule has 1 aromatic rings. The second-order valence-electron chi connectivity index (χ2n) is 5.00. The number of rotatable bonds is 7. The Bertz CT molecular complexity index is 429. The number of hydrogen-bond acceptors (Lipinski definition) is 3. The molecule has 0 heterocycles. The normalized spacial score (nSPS) is 12.5. The van der Waals surface area contributed by atoms with E-state index in [2.05, 4.69) is 25.2 Å². The summed E-state index contributed by atoms with van der Waals surface area (Å²) in [5, 5.41) is 11.7. The zero-order valence-electron chi connectivity index (χ0n) is 12.1. The molecule has 0 fully saturated rings. The van der Waals surface area contributed by atoms with Crippen molar-refractivity contribution in [3.8, 4) is 5.75 Å². The van der Waals surface area contributed by atoms with Crippen LogP contribution in [-0.4, -0.2) is 30.8 Å². The summed E-state index contributed by atoms with van der Waals surface area (Å²) < 4.78 is 5.71. The highest BCUT2D eigenvalue weighted by atomic mass is 16.5. The lowest BCUT2D eigenvalue weighted by Crippen LogP contribution is -2.35. The molecule has 2 N–H and O–H groups in total. The average molecular weight is 265 g/mol. The molecule has 0 aliphatic carbocycles. The summed E-state index contributed by atoms with van der Waals surface area (Å²) in [6.45, 7) is 6.65. The molecule has 0 aliphatic rings. The maximum atomic E-state index is 10.9. The zero-order valence-corrected chi connectivity index (χ0v) is 12.1. The Hall–Kier alpha value is -1.55. The Morgan fingerprint density at radius 2 is 2.11 bits per heavy atom. The summed E-state index contributed by atoms with van der Waals surface area (Å²) in [5.41, 5.74) is 2.30. The first-order chi connectivity index (χ1) is 8.95. The van der Waals surface area contributed by atoms with Gasteiger partial charge in [-0.2, -0.15) is 0 Å². The zero-order chi connectivity index (χ0) is 14.4. The minimum absolute atomic E-state index is 0.389. The first kappa shape index (κ1) is 15.5. The quantitative estimate of drug-likeness (QED) is 0.795. The van der Waals surface area contributed by atoms with E-state index in [1.54, 1.807) is 7.05 Å². The first-order valence-corrected chi connectivity index (χ1v) is 6.59. The first-order valence-electron chi connectivity index (χ1n) is 6.59. The molecule has 106 valence electrons. The summed E-state index contributed by atoms with van der Waals surface area (Å²) >= 11 is 0. The average Bonchev–Trinajstić information content (AvgIpc) is 2.35. The molecule has 0 aliphatic heterocycles. The van der Waals surface area contributed by atoms with Crippen LogP contribution in [0.25, 0.3) is 0 Å². The van der Waals surface area contributed by atoms with Crippen LogP contribution in [-0.2, 0) is 4.79 Å². The van der Waals surface area contributed by atoms with Crippen molar-refractivity contribution < 1.29 is 14.6 Å². The minimum atomic E-state index is -0.848. The van der Waals surface area contributed by atoms with Gasteiger partial charge in [0.05, 0.1) is 6.61 Å². The molecule has 0 amide bonds. The third-order valence-electron chi connectivity index (χ3n) is 3.19. The maximum absolute atomic E-state index is 10.9. The lowest BCUT2D eigenvalue weighted by molar-refractivity contribution is -0.139. The van der Waals surface area contributed by atoms with E-state index in [1.807, 2.05) is 19.1 Å². The Labute approximate surface area is 114 Å². The van der Waals surface area contributed by atoms with Crippen molar-refractivity contribution in [3.63, 3.8) is 0 Å². The van der Waals surface area contributed by atoms with E-state index >= 15 is 0 Å². The van der Waals surface area contributed by atoms with E-state index in [9.17, 15) is 4.79 Å². The van der Waals surface area contributed by atoms with Gasteiger partial charge in [-0.1, -0.05) is 26.0 Å². The SMILES string of the molecule is CNC(CCOc1cc(C(C)C)ccc1C)C(=O)O. The molecular weight excluding hydrogens is 242 g/mol. The number of hydrogen-bond donors (Lipinski definition) is 2. The number of ether oxygens (including phenoxy) is 1. The molecule has 1 aromatic carbocycles. The number of carbonyl (C=O) groups is 1. The number of nitrogens with one attached hydrogen (secondary N) is 1. The topological polar surface area (TPSA) is 58.6 Å². The number of carboxylic acid groups (broad SMARTS) is 1. The number of benzene rings is 1. The van der Waals surface area contributed by atoms with Gasteiger partial charge in [-0.25, -0.2) is 0 Å². The lowest BCUT2D eigenvalue weighted by atomic mass is 10.0. The Balaban J connectivity index is 2.62. The van der Waals surface area contributed by atoms with E-state index in [-0.39, 0.29) is 0 Å². The van der Waals surface area contributed by atoms with E-state index in [1.165, 1.54) is 5.56 Å². The van der Waals surface area contributed by atoms with Crippen molar-refractivity contribution >= 4 is 5.97 Å². The fourth-order valence-electron chi connectivity index (χ4n) is 1.81. The van der Waals surface area contributed by atoms with Crippen LogP contribution in [0.1, 0.15) is 37.3 Å². The van der Waals surface area contributed by atoms with Crippen LogP contribution in [0, 0.1) is 6.92 Å². The van der Waals surface area contributed by atoms with Crippen molar-refractivity contribution in [1.82, 2.24) is 5.32 Å². The smallest absolute Gasteiger partial charge is 0.320 e. The van der Waals surface area contributed by atoms with Crippen LogP contribution in [0.3, 0.4) is 0 Å². The van der Waals surface area contributed by atoms with Crippen molar-refractivity contribution in [2.24, 2.45) is 0 Å². The molecule has 0 saturated carbocycles. The highest BCUT2D eigenvalue weighted by Gasteiger charge is 2.14. The van der Waals surface area contributed by atoms with Crippen LogP contribution < -0.4 is 10.1 Å². The second kappa shape index (κ2) is 7.14. The van der Waals surface area contributed by atoms with E-state index in [0.29, 0.717) is 18.9 Å². The van der Waals surface area contributed by atoms with Gasteiger partial charge in [0.25, 0.3) is 0 Å². The molecule has 0 aromatic heterocycles. The Morgan fingerprint density at radius 1 is 1.42 bits per heavy atom. The Kier molecular flexibility index (Phi) is 5.83. The van der Waals surface area contributed by atoms with Gasteiger partial charge in [-0.3, -0.25) is 4.79 Å². The predicted octanol–water partition coefficient (Wildman–Crippen LogP) is 2.56. The molecule has 4 nitrogen and oxygen atoms in total. The van der Waals surface area contributed by atoms with Crippen molar-refractivity contribution in [2.45, 2.75) is 39.2 Å². The molecular formula is C15H23NO3. The molecule has 1 atom stereocenters. The van der Waals surface area contributed by atoms with Gasteiger partial charge < -0.3 is 15.2 Å². The van der Waals surface area contributed by atoms with Gasteiger partial charge >= 0.3 is 5.97 Å². The number of aliphatic carboxylic acids is 1. The summed E-state index contributed by atoms with van der Waals surface area (Å²) in [5.74, 6) is 0.442. The second-order valence-corrected chi connectivity index (χ2v) is 5.00. The van der Waals surface area contributed by atoms with Gasteiger partial charge in [-0.05, 0) is 37.1 Å². The lowest BCUT2D eigenvalue weighted by Gasteiger charge is -2.15. The third kappa shape index (κ3) is 4.56. The summed E-state index contributed by atoms with van der Waals surface area (Å²) in [7, 11) is 1.64. The van der Waals surface area contributed by atoms with Crippen LogP contribution in [0.4, 0.5) is 0 Å². The molecule has 0 spiro atoms. The monoisotopic (exact) mass is 265 g/mol. The summed E-state index contributed by atoms with van der Waals surface area (Å²) in [4.78, 5) is 10.9. The van der Waals surface area contributed by atoms with Gasteiger partial charge in [0.2, 0.25) is 0 Å². The molecule has 1 unspecified atom stereocenters. The fraction of sp³-hybridized carbons (Fsp3) is 0.533. The van der Waals surface area contributed by atoms with Gasteiger partial charge in [0.15, 0.2) is 0 Å². The number of likely N-dealkylation sites (N-methyl/N-ethyl adjacent to an activating group) is 1. The predicted molar refractivity (Wildman–Crippen MR) is 75.9 cm³/mol. The molecule has 0 saturated heterocycles. The number of carboxylic acids is 1. The van der Waals surface area contributed by atoms with E-state index in [0.717, 1.165) is 11.3 Å². The highest BCUT2D eigenvalue weighted by molar-refractivity contribution is 5.73. The maximum Gasteiger partial charge on any atom is 0.320 e. The van der Waals surface area contributed by atoms with Gasteiger partial charge in [0.1, 0.15) is 11.8 Å². The molecule has 19 heavy (non-hydrogen) atoms. The van der Waals surface area contributed by atoms with Crippen LogP contribution in [0.15, 0.2) is 18.2 Å². The van der Waals surface area contributed by atoms with E-state index in [4.69, 9.17) is 9.84 Å². The minimum Gasteiger partial charge on any atom is -0.493 e. The standard InChI is InChI=1S/C15H23NO3/c1-10(2)12-6-5-11(3)14(9-12)19-8-7-13(16-4)15(17)18/h5-6,9-10,13,16H,7-8H2,1-4H3,(H,17,18). The largest absolute Gasteiger partial charge is 0.493 e. The summed E-state index contributed by atoms with van der Waals surface area (Å²) in [6.07, 6.45) is 0.442. The third-order valence-corrected chi connectivity index (χ3v) is 3.19. The van der Waals surface area contributed by atoms with E-state index < -0.39 is 12.0 Å². The van der Waals surface area contributed by atoms with Crippen LogP contribution in [0.2, 0.25) is 0 Å². The van der Waals surface area contributed by atoms with Crippen molar-refractivity contribution in [3.05, 3.63) is 29.3 Å². The Morgan fingerprint density at radius 3 is 2.63 bits per heavy atom. The number of aryl methyl sites for hydroxylation is 1. The molecule has 0 radical (unpaired) electrons. The van der Waals surface area contributed by atoms with Gasteiger partial charge in [-0.15, -0.1) is 0 Å². The summed E-state index contributed by atoms with van der Waals surface area (Å²) in [6, 6.07) is 5.61. The molecule has 0 bridgehead atoms. The molecule has 4 heteroatoms.